The van der Waals surface area contributed by atoms with Gasteiger partial charge in [-0.05, 0) is 56.4 Å². The van der Waals surface area contributed by atoms with Gasteiger partial charge in [0.25, 0.3) is 5.91 Å². The zero-order valence-electron chi connectivity index (χ0n) is 15.6. The van der Waals surface area contributed by atoms with Crippen molar-refractivity contribution in [3.8, 4) is 5.75 Å². The lowest BCUT2D eigenvalue weighted by molar-refractivity contribution is 0.0937. The first-order valence-corrected chi connectivity index (χ1v) is 8.52. The van der Waals surface area contributed by atoms with Gasteiger partial charge in [0.05, 0.1) is 13.2 Å². The summed E-state index contributed by atoms with van der Waals surface area (Å²) in [6, 6.07) is 11.9. The summed E-state index contributed by atoms with van der Waals surface area (Å²) in [6.07, 6.45) is 3.66. The summed E-state index contributed by atoms with van der Waals surface area (Å²) in [5.41, 5.74) is 3.38. The summed E-state index contributed by atoms with van der Waals surface area (Å²) in [5.74, 6) is 0.623. The Labute approximate surface area is 153 Å². The fourth-order valence-electron chi connectivity index (χ4n) is 2.92. The SMILES string of the molecule is COc1cccc(C(CNC(=O)c2cn3ccc(C)cc3n2)N(C)C)c1. The van der Waals surface area contributed by atoms with Crippen molar-refractivity contribution < 1.29 is 9.53 Å². The second-order valence-electron chi connectivity index (χ2n) is 6.56. The van der Waals surface area contributed by atoms with E-state index in [0.29, 0.717) is 12.2 Å². The maximum atomic E-state index is 12.6. The van der Waals surface area contributed by atoms with E-state index in [0.717, 1.165) is 22.5 Å². The highest BCUT2D eigenvalue weighted by Gasteiger charge is 2.18. The number of nitrogens with zero attached hydrogens (tertiary/aromatic N) is 3. The molecule has 6 nitrogen and oxygen atoms in total. The van der Waals surface area contributed by atoms with Gasteiger partial charge < -0.3 is 19.4 Å². The van der Waals surface area contributed by atoms with Gasteiger partial charge in [-0.3, -0.25) is 4.79 Å². The Morgan fingerprint density at radius 2 is 2.12 bits per heavy atom. The monoisotopic (exact) mass is 352 g/mol. The van der Waals surface area contributed by atoms with Crippen molar-refractivity contribution >= 4 is 11.6 Å². The minimum atomic E-state index is -0.180. The highest BCUT2D eigenvalue weighted by atomic mass is 16.5. The lowest BCUT2D eigenvalue weighted by Crippen LogP contribution is -2.34. The normalized spacial score (nSPS) is 12.3. The van der Waals surface area contributed by atoms with E-state index in [9.17, 15) is 4.79 Å². The first-order valence-electron chi connectivity index (χ1n) is 8.52. The number of pyridine rings is 1. The molecule has 0 aliphatic rings. The summed E-state index contributed by atoms with van der Waals surface area (Å²) in [6.45, 7) is 2.48. The molecule has 6 heteroatoms. The Morgan fingerprint density at radius 3 is 2.85 bits per heavy atom. The molecular formula is C20H24N4O2. The molecule has 0 spiro atoms. The van der Waals surface area contributed by atoms with Crippen LogP contribution in [0.5, 0.6) is 5.75 Å². The Bertz CT molecular complexity index is 917. The summed E-state index contributed by atoms with van der Waals surface area (Å²) in [7, 11) is 5.63. The highest BCUT2D eigenvalue weighted by molar-refractivity contribution is 5.92. The number of amides is 1. The van der Waals surface area contributed by atoms with Crippen LogP contribution in [0.2, 0.25) is 0 Å². The maximum Gasteiger partial charge on any atom is 0.271 e. The molecule has 0 aliphatic heterocycles. The van der Waals surface area contributed by atoms with E-state index in [-0.39, 0.29) is 11.9 Å². The van der Waals surface area contributed by atoms with Crippen LogP contribution < -0.4 is 10.1 Å². The van der Waals surface area contributed by atoms with E-state index in [4.69, 9.17) is 4.74 Å². The van der Waals surface area contributed by atoms with Crippen LogP contribution in [-0.2, 0) is 0 Å². The summed E-state index contributed by atoms with van der Waals surface area (Å²) < 4.78 is 7.16. The first kappa shape index (κ1) is 17.9. The van der Waals surface area contributed by atoms with Crippen molar-refractivity contribution in [2.24, 2.45) is 0 Å². The van der Waals surface area contributed by atoms with Crippen LogP contribution in [0, 0.1) is 6.92 Å². The number of fused-ring (bicyclic) bond motifs is 1. The molecule has 0 radical (unpaired) electrons. The van der Waals surface area contributed by atoms with Crippen LogP contribution in [0.25, 0.3) is 5.65 Å². The van der Waals surface area contributed by atoms with E-state index in [1.165, 1.54) is 0 Å². The zero-order valence-corrected chi connectivity index (χ0v) is 15.6. The Hall–Kier alpha value is -2.86. The molecule has 1 aromatic carbocycles. The Morgan fingerprint density at radius 1 is 1.31 bits per heavy atom. The van der Waals surface area contributed by atoms with Gasteiger partial charge in [-0.1, -0.05) is 12.1 Å². The number of likely N-dealkylation sites (N-methyl/N-ethyl adjacent to an activating group) is 1. The number of carbonyl (C=O) groups is 1. The average molecular weight is 352 g/mol. The number of nitrogens with one attached hydrogen (secondary N) is 1. The minimum absolute atomic E-state index is 0.0355. The van der Waals surface area contributed by atoms with E-state index in [2.05, 4.69) is 15.2 Å². The Balaban J connectivity index is 1.74. The molecule has 2 heterocycles. The van der Waals surface area contributed by atoms with Gasteiger partial charge in [-0.2, -0.15) is 0 Å². The van der Waals surface area contributed by atoms with Crippen LogP contribution in [0.15, 0.2) is 48.8 Å². The van der Waals surface area contributed by atoms with Crippen LogP contribution in [-0.4, -0.2) is 47.9 Å². The topological polar surface area (TPSA) is 58.9 Å². The molecule has 1 amide bonds. The van der Waals surface area contributed by atoms with Crippen LogP contribution >= 0.6 is 0 Å². The number of aryl methyl sites for hydroxylation is 1. The van der Waals surface area contributed by atoms with Gasteiger partial charge >= 0.3 is 0 Å². The standard InChI is InChI=1S/C20H24N4O2/c1-14-8-9-24-13-17(22-19(24)10-14)20(25)21-12-18(23(2)3)15-6-5-7-16(11-15)26-4/h5-11,13,18H,12H2,1-4H3,(H,21,25). The Kier molecular flexibility index (Phi) is 5.23. The number of aromatic nitrogens is 2. The summed E-state index contributed by atoms with van der Waals surface area (Å²) >= 11 is 0. The minimum Gasteiger partial charge on any atom is -0.497 e. The third-order valence-corrected chi connectivity index (χ3v) is 4.41. The third-order valence-electron chi connectivity index (χ3n) is 4.41. The molecule has 3 rings (SSSR count). The molecular weight excluding hydrogens is 328 g/mol. The zero-order chi connectivity index (χ0) is 18.7. The lowest BCUT2D eigenvalue weighted by Gasteiger charge is -2.25. The second kappa shape index (κ2) is 7.58. The lowest BCUT2D eigenvalue weighted by atomic mass is 10.1. The van der Waals surface area contributed by atoms with Crippen LogP contribution in [0.4, 0.5) is 0 Å². The van der Waals surface area contributed by atoms with Crippen molar-refractivity contribution in [2.75, 3.05) is 27.7 Å². The predicted octanol–water partition coefficient (Wildman–Crippen LogP) is 2.68. The smallest absolute Gasteiger partial charge is 0.271 e. The fraction of sp³-hybridized carbons (Fsp3) is 0.300. The number of hydrogen-bond acceptors (Lipinski definition) is 4. The van der Waals surface area contributed by atoms with Gasteiger partial charge in [0.2, 0.25) is 0 Å². The molecule has 0 saturated heterocycles. The van der Waals surface area contributed by atoms with Crippen molar-refractivity contribution in [3.05, 3.63) is 65.6 Å². The molecule has 0 bridgehead atoms. The van der Waals surface area contributed by atoms with Gasteiger partial charge in [-0.15, -0.1) is 0 Å². The maximum absolute atomic E-state index is 12.6. The first-order chi connectivity index (χ1) is 12.5. The van der Waals surface area contributed by atoms with E-state index in [1.807, 2.05) is 68.0 Å². The molecule has 0 aliphatic carbocycles. The van der Waals surface area contributed by atoms with Gasteiger partial charge in [0.15, 0.2) is 0 Å². The number of rotatable bonds is 6. The summed E-state index contributed by atoms with van der Waals surface area (Å²) in [5, 5.41) is 2.99. The third kappa shape index (κ3) is 3.86. The van der Waals surface area contributed by atoms with Crippen molar-refractivity contribution in [3.63, 3.8) is 0 Å². The quantitative estimate of drug-likeness (QED) is 0.741. The molecule has 3 aromatic rings. The van der Waals surface area contributed by atoms with Gasteiger partial charge in [0, 0.05) is 18.9 Å². The second-order valence-corrected chi connectivity index (χ2v) is 6.56. The molecule has 0 fully saturated rings. The predicted molar refractivity (Wildman–Crippen MR) is 102 cm³/mol. The molecule has 1 N–H and O–H groups in total. The fourth-order valence-corrected chi connectivity index (χ4v) is 2.92. The number of carbonyl (C=O) groups excluding carboxylic acids is 1. The largest absolute Gasteiger partial charge is 0.497 e. The van der Waals surface area contributed by atoms with Crippen LogP contribution in [0.3, 0.4) is 0 Å². The number of methoxy groups -OCH3 is 1. The molecule has 0 saturated carbocycles. The number of hydrogen-bond donors (Lipinski definition) is 1. The highest BCUT2D eigenvalue weighted by Crippen LogP contribution is 2.22. The number of benzene rings is 1. The summed E-state index contributed by atoms with van der Waals surface area (Å²) in [4.78, 5) is 19.0. The molecule has 136 valence electrons. The molecule has 1 atom stereocenters. The van der Waals surface area contributed by atoms with E-state index < -0.39 is 0 Å². The molecule has 2 aromatic heterocycles. The van der Waals surface area contributed by atoms with Gasteiger partial charge in [0.1, 0.15) is 17.1 Å². The van der Waals surface area contributed by atoms with E-state index in [1.54, 1.807) is 13.3 Å². The number of imidazole rings is 1. The van der Waals surface area contributed by atoms with Crippen molar-refractivity contribution in [1.82, 2.24) is 19.6 Å². The van der Waals surface area contributed by atoms with Crippen molar-refractivity contribution in [2.45, 2.75) is 13.0 Å². The van der Waals surface area contributed by atoms with E-state index >= 15 is 0 Å². The van der Waals surface area contributed by atoms with Gasteiger partial charge in [-0.25, -0.2) is 4.98 Å². The molecule has 1 unspecified atom stereocenters. The van der Waals surface area contributed by atoms with Crippen molar-refractivity contribution in [1.29, 1.82) is 0 Å². The van der Waals surface area contributed by atoms with Crippen LogP contribution in [0.1, 0.15) is 27.7 Å². The molecule has 26 heavy (non-hydrogen) atoms. The number of ether oxygens (including phenoxy) is 1. The average Bonchev–Trinajstić information content (AvgIpc) is 3.05.